The molecule has 0 saturated heterocycles. The average Bonchev–Trinajstić information content (AvgIpc) is 3.04. The second-order valence-corrected chi connectivity index (χ2v) is 14.3. The van der Waals surface area contributed by atoms with Crippen LogP contribution in [0, 0.1) is 23.3 Å². The van der Waals surface area contributed by atoms with Crippen LogP contribution in [0.15, 0.2) is 94.9 Å². The fourth-order valence-corrected chi connectivity index (χ4v) is 4.31. The Morgan fingerprint density at radius 2 is 0.981 bits per heavy atom. The van der Waals surface area contributed by atoms with Crippen LogP contribution in [0.25, 0.3) is 12.2 Å². The van der Waals surface area contributed by atoms with Crippen LogP contribution in [-0.2, 0) is 28.0 Å². The summed E-state index contributed by atoms with van der Waals surface area (Å²) < 4.78 is 120. The molecule has 0 aliphatic rings. The quantitative estimate of drug-likeness (QED) is 0.0633. The third-order valence-electron chi connectivity index (χ3n) is 5.77. The molecular formula is C34H30Cl2F4O11S2. The summed E-state index contributed by atoms with van der Waals surface area (Å²) in [6.07, 6.45) is 2.29. The summed E-state index contributed by atoms with van der Waals surface area (Å²) in [4.78, 5) is 21.3. The van der Waals surface area contributed by atoms with Gasteiger partial charge in [-0.2, -0.15) is 8.42 Å². The molecule has 0 aromatic heterocycles. The molecule has 0 bridgehead atoms. The van der Waals surface area contributed by atoms with E-state index in [9.17, 15) is 35.6 Å². The van der Waals surface area contributed by atoms with Gasteiger partial charge in [0.2, 0.25) is 0 Å². The Hall–Kier alpha value is -4.94. The van der Waals surface area contributed by atoms with Gasteiger partial charge < -0.3 is 19.7 Å². The molecule has 53 heavy (non-hydrogen) atoms. The third kappa shape index (κ3) is 17.0. The number of aliphatic carboxylic acids is 2. The molecule has 286 valence electrons. The lowest BCUT2D eigenvalue weighted by molar-refractivity contribution is -0.133. The fourth-order valence-electron chi connectivity index (χ4n) is 3.54. The lowest BCUT2D eigenvalue weighted by Gasteiger charge is -2.09. The number of halogens is 6. The van der Waals surface area contributed by atoms with Crippen molar-refractivity contribution in [1.82, 2.24) is 0 Å². The second-order valence-electron chi connectivity index (χ2n) is 9.73. The predicted octanol–water partition coefficient (Wildman–Crippen LogP) is 9.47. The first-order chi connectivity index (χ1) is 25.0. The van der Waals surface area contributed by atoms with E-state index in [1.54, 1.807) is 37.3 Å². The summed E-state index contributed by atoms with van der Waals surface area (Å²) in [7, 11) is 1.11. The molecule has 3 N–H and O–H groups in total. The third-order valence-corrected chi connectivity index (χ3v) is 7.14. The van der Waals surface area contributed by atoms with Gasteiger partial charge in [-0.3, -0.25) is 4.55 Å². The van der Waals surface area contributed by atoms with Gasteiger partial charge in [0.25, 0.3) is 9.05 Å². The maximum absolute atomic E-state index is 14.1. The lowest BCUT2D eigenvalue weighted by atomic mass is 10.1. The largest absolute Gasteiger partial charge is 0.478 e. The van der Waals surface area contributed by atoms with Gasteiger partial charge in [0.15, 0.2) is 34.8 Å². The zero-order chi connectivity index (χ0) is 41.4. The number of carboxylic acids is 2. The minimum Gasteiger partial charge on any atom is -0.478 e. The van der Waals surface area contributed by atoms with Crippen molar-refractivity contribution in [3.05, 3.63) is 124 Å². The number of ether oxygens (including phenoxy) is 2. The van der Waals surface area contributed by atoms with Gasteiger partial charge in [0.1, 0.15) is 11.5 Å². The van der Waals surface area contributed by atoms with Crippen LogP contribution in [0.2, 0.25) is 0 Å². The molecule has 0 amide bonds. The maximum atomic E-state index is 14.1. The topological polar surface area (TPSA) is 182 Å². The van der Waals surface area contributed by atoms with E-state index in [0.29, 0.717) is 12.6 Å². The Morgan fingerprint density at radius 1 is 0.679 bits per heavy atom. The SMILES string of the molecule is C/C(=C\c1cc(F)c(Oc2ccc(S(=O)(=O)Cl)cc2)c(F)c1)C(=O)O.C/C(=C\c1cc(F)c(Oc2ccccc2)c(F)c1)C(=O)O.O=S(=O)(O)Cl.[2H]CC. The number of hydrogen-bond donors (Lipinski definition) is 3. The van der Waals surface area contributed by atoms with Gasteiger partial charge in [-0.1, -0.05) is 32.0 Å². The first kappa shape index (κ1) is 44.2. The highest BCUT2D eigenvalue weighted by Gasteiger charge is 2.16. The van der Waals surface area contributed by atoms with Crippen LogP contribution < -0.4 is 9.47 Å². The molecule has 0 fully saturated rings. The number of hydrogen-bond acceptors (Lipinski definition) is 8. The highest BCUT2D eigenvalue weighted by atomic mass is 35.7. The summed E-state index contributed by atoms with van der Waals surface area (Å²) in [5.74, 6) is -7.18. The standard InChI is InChI=1S/C16H11ClF2O5S.C16H12F2O3.C2H6.ClHO3S/c1-9(16(20)21)6-10-7-13(18)15(14(19)8-10)24-11-2-4-12(5-3-11)25(17,22)23;1-10(16(19)20)7-11-8-13(17)15(14(18)9-11)21-12-5-3-2-4-6-12;1-2;1-5(2,3)4/h2-8H,1H3,(H,20,21);2-9H,1H3,(H,19,20);1-2H3;(H,2,3,4)/b9-6+;10-7+;;/i;;1D;. The summed E-state index contributed by atoms with van der Waals surface area (Å²) >= 11 is 0. The minimum atomic E-state index is -4.19. The molecule has 0 radical (unpaired) electrons. The van der Waals surface area contributed by atoms with Crippen LogP contribution in [-0.4, -0.2) is 43.5 Å². The molecule has 4 rings (SSSR count). The zero-order valence-corrected chi connectivity index (χ0v) is 30.7. The number of carbonyl (C=O) groups is 2. The van der Waals surface area contributed by atoms with Crippen molar-refractivity contribution in [2.45, 2.75) is 32.6 Å². The maximum Gasteiger partial charge on any atom is 0.353 e. The van der Waals surface area contributed by atoms with E-state index >= 15 is 0 Å². The Morgan fingerprint density at radius 3 is 1.26 bits per heavy atom. The Balaban J connectivity index is 0.000000455. The van der Waals surface area contributed by atoms with Gasteiger partial charge in [-0.05, 0) is 97.8 Å². The van der Waals surface area contributed by atoms with Crippen molar-refractivity contribution in [1.29, 1.82) is 0 Å². The van der Waals surface area contributed by atoms with Crippen LogP contribution in [0.1, 0.15) is 40.2 Å². The molecule has 4 aromatic carbocycles. The normalized spacial score (nSPS) is 11.6. The molecule has 0 heterocycles. The van der Waals surface area contributed by atoms with Crippen molar-refractivity contribution in [3.63, 3.8) is 0 Å². The number of carboxylic acid groups (broad SMARTS) is 2. The van der Waals surface area contributed by atoms with E-state index in [4.69, 9.17) is 44.7 Å². The van der Waals surface area contributed by atoms with Gasteiger partial charge >= 0.3 is 21.3 Å². The molecular weight excluding hydrogens is 795 g/mol. The number of para-hydroxylation sites is 1. The second kappa shape index (κ2) is 20.9. The van der Waals surface area contributed by atoms with E-state index in [1.807, 2.05) is 0 Å². The highest BCUT2D eigenvalue weighted by molar-refractivity contribution is 8.13. The van der Waals surface area contributed by atoms with Crippen molar-refractivity contribution in [3.8, 4) is 23.0 Å². The first-order valence-corrected chi connectivity index (χ1v) is 18.8. The molecule has 0 aliphatic heterocycles. The molecule has 0 spiro atoms. The van der Waals surface area contributed by atoms with E-state index in [1.165, 1.54) is 32.1 Å². The fraction of sp³-hybridized carbons (Fsp3) is 0.118. The minimum absolute atomic E-state index is 0.00752. The van der Waals surface area contributed by atoms with Crippen molar-refractivity contribution in [2.24, 2.45) is 0 Å². The smallest absolute Gasteiger partial charge is 0.353 e. The summed E-state index contributed by atoms with van der Waals surface area (Å²) in [6.45, 7) is 4.92. The summed E-state index contributed by atoms with van der Waals surface area (Å²) in [5.41, 5.74) is 0.0204. The van der Waals surface area contributed by atoms with Crippen LogP contribution in [0.5, 0.6) is 23.0 Å². The molecule has 0 aliphatic carbocycles. The molecule has 0 unspecified atom stereocenters. The molecule has 0 saturated carbocycles. The summed E-state index contributed by atoms with van der Waals surface area (Å²) in [5, 5.41) is 17.5. The van der Waals surface area contributed by atoms with E-state index in [0.717, 1.165) is 42.5 Å². The predicted molar refractivity (Wildman–Crippen MR) is 190 cm³/mol. The van der Waals surface area contributed by atoms with Gasteiger partial charge in [-0.15, -0.1) is 0 Å². The summed E-state index contributed by atoms with van der Waals surface area (Å²) in [6, 6.07) is 16.8. The van der Waals surface area contributed by atoms with Gasteiger partial charge in [0, 0.05) is 33.9 Å². The molecule has 4 aromatic rings. The van der Waals surface area contributed by atoms with Crippen molar-refractivity contribution >= 4 is 63.8 Å². The van der Waals surface area contributed by atoms with E-state index in [-0.39, 0.29) is 32.9 Å². The van der Waals surface area contributed by atoms with Crippen LogP contribution in [0.4, 0.5) is 17.6 Å². The van der Waals surface area contributed by atoms with Gasteiger partial charge in [0.05, 0.1) is 4.90 Å². The lowest BCUT2D eigenvalue weighted by Crippen LogP contribution is -1.97. The van der Waals surface area contributed by atoms with Crippen LogP contribution >= 0.6 is 21.4 Å². The van der Waals surface area contributed by atoms with E-state index < -0.39 is 65.1 Å². The molecule has 0 atom stereocenters. The first-order valence-electron chi connectivity index (χ1n) is 14.9. The van der Waals surface area contributed by atoms with E-state index in [2.05, 4.69) is 10.7 Å². The zero-order valence-electron chi connectivity index (χ0n) is 28.6. The van der Waals surface area contributed by atoms with Gasteiger partial charge in [-0.25, -0.2) is 35.6 Å². The highest BCUT2D eigenvalue weighted by Crippen LogP contribution is 2.31. The number of rotatable bonds is 9. The molecule has 19 heteroatoms. The Kier molecular flexibility index (Phi) is 17.5. The number of benzene rings is 4. The monoisotopic (exact) mass is 825 g/mol. The average molecular weight is 827 g/mol. The molecule has 11 nitrogen and oxygen atoms in total. The van der Waals surface area contributed by atoms with Crippen molar-refractivity contribution in [2.75, 3.05) is 0 Å². The van der Waals surface area contributed by atoms with Crippen molar-refractivity contribution < 1.29 is 69.6 Å². The Bertz CT molecular complexity index is 2150. The van der Waals surface area contributed by atoms with Crippen LogP contribution in [0.3, 0.4) is 0 Å². The Labute approximate surface area is 312 Å².